The largest absolute Gasteiger partial charge is 0.366 e. The van der Waals surface area contributed by atoms with E-state index in [0.717, 1.165) is 16.9 Å². The zero-order valence-corrected chi connectivity index (χ0v) is 21.0. The quantitative estimate of drug-likeness (QED) is 0.288. The Morgan fingerprint density at radius 1 is 1.24 bits per heavy atom. The van der Waals surface area contributed by atoms with Crippen LogP contribution in [0.15, 0.2) is 59.4 Å². The summed E-state index contributed by atoms with van der Waals surface area (Å²) in [4.78, 5) is 25.3. The molecular formula is C27H23FN4O4S. The molecule has 37 heavy (non-hydrogen) atoms. The number of fused-ring (bicyclic) bond motifs is 1. The fourth-order valence-electron chi connectivity index (χ4n) is 5.04. The average Bonchev–Trinajstić information content (AvgIpc) is 3.27. The molecule has 2 aromatic heterocycles. The molecule has 0 saturated carbocycles. The molecule has 4 aromatic rings. The SMILES string of the molecule is Cc1ccc(-n2c(=O)ccc3c(C4(CC#N)OCCNC4c4ccc(F)c(C)c4)c([N+](=O)[O-])sc32)cc1. The van der Waals surface area contributed by atoms with E-state index in [2.05, 4.69) is 11.4 Å². The van der Waals surface area contributed by atoms with Crippen LogP contribution in [0.4, 0.5) is 9.39 Å². The number of nitro groups is 1. The number of benzene rings is 2. The van der Waals surface area contributed by atoms with Crippen LogP contribution >= 0.6 is 11.3 Å². The van der Waals surface area contributed by atoms with Crippen molar-refractivity contribution in [2.24, 2.45) is 0 Å². The van der Waals surface area contributed by atoms with E-state index in [1.807, 2.05) is 19.1 Å². The van der Waals surface area contributed by atoms with Crippen LogP contribution in [0.2, 0.25) is 0 Å². The van der Waals surface area contributed by atoms with E-state index in [9.17, 15) is 24.6 Å². The number of rotatable bonds is 5. The van der Waals surface area contributed by atoms with Gasteiger partial charge in [0.05, 0.1) is 41.3 Å². The molecule has 5 rings (SSSR count). The smallest absolute Gasteiger partial charge is 0.332 e. The third-order valence-corrected chi connectivity index (χ3v) is 7.88. The van der Waals surface area contributed by atoms with Crippen molar-refractivity contribution in [2.75, 3.05) is 13.2 Å². The van der Waals surface area contributed by atoms with Gasteiger partial charge in [0.25, 0.3) is 5.56 Å². The molecule has 0 radical (unpaired) electrons. The van der Waals surface area contributed by atoms with Crippen LogP contribution in [0.1, 0.15) is 34.7 Å². The number of aromatic nitrogens is 1. The van der Waals surface area contributed by atoms with E-state index in [1.54, 1.807) is 37.3 Å². The summed E-state index contributed by atoms with van der Waals surface area (Å²) >= 11 is 0.879. The highest BCUT2D eigenvalue weighted by molar-refractivity contribution is 7.22. The zero-order chi connectivity index (χ0) is 26.3. The van der Waals surface area contributed by atoms with Crippen molar-refractivity contribution in [1.29, 1.82) is 5.26 Å². The summed E-state index contributed by atoms with van der Waals surface area (Å²) in [6, 6.07) is 16.3. The first-order valence-electron chi connectivity index (χ1n) is 11.7. The van der Waals surface area contributed by atoms with Crippen LogP contribution in [0, 0.1) is 41.1 Å². The Bertz CT molecular complexity index is 1620. The van der Waals surface area contributed by atoms with Crippen molar-refractivity contribution < 1.29 is 14.1 Å². The number of halogens is 1. The van der Waals surface area contributed by atoms with Gasteiger partial charge in [0.15, 0.2) is 0 Å². The number of nitrogens with zero attached hydrogens (tertiary/aromatic N) is 3. The monoisotopic (exact) mass is 518 g/mol. The van der Waals surface area contributed by atoms with Crippen molar-refractivity contribution in [2.45, 2.75) is 31.9 Å². The number of nitriles is 1. The van der Waals surface area contributed by atoms with Gasteiger partial charge in [-0.05, 0) is 60.6 Å². The van der Waals surface area contributed by atoms with Gasteiger partial charge in [-0.1, -0.05) is 29.8 Å². The van der Waals surface area contributed by atoms with Crippen molar-refractivity contribution in [3.8, 4) is 11.8 Å². The number of pyridine rings is 1. The van der Waals surface area contributed by atoms with E-state index in [0.29, 0.717) is 33.6 Å². The molecule has 1 aliphatic heterocycles. The Labute approximate surface area is 215 Å². The summed E-state index contributed by atoms with van der Waals surface area (Å²) in [5.74, 6) is -0.375. The highest BCUT2D eigenvalue weighted by atomic mass is 32.1. The van der Waals surface area contributed by atoms with E-state index < -0.39 is 16.6 Å². The molecule has 1 fully saturated rings. The standard InChI is InChI=1S/C27H23FN4O4S/c1-16-3-6-19(7-4-16)31-22(33)10-8-20-23(26(32(34)35)37-25(20)31)27(11-12-29)24(30-13-14-36-27)18-5-9-21(28)17(2)15-18/h3-10,15,24,30H,11,13-14H2,1-2H3. The van der Waals surface area contributed by atoms with Gasteiger partial charge in [0, 0.05) is 18.0 Å². The molecule has 1 aliphatic rings. The minimum atomic E-state index is -1.45. The van der Waals surface area contributed by atoms with Gasteiger partial charge in [0.2, 0.25) is 0 Å². The minimum absolute atomic E-state index is 0.197. The number of hydrogen-bond acceptors (Lipinski definition) is 7. The van der Waals surface area contributed by atoms with Crippen molar-refractivity contribution in [1.82, 2.24) is 9.88 Å². The maximum atomic E-state index is 14.1. The zero-order valence-electron chi connectivity index (χ0n) is 20.2. The first-order chi connectivity index (χ1) is 17.8. The van der Waals surface area contributed by atoms with E-state index in [1.165, 1.54) is 16.7 Å². The summed E-state index contributed by atoms with van der Waals surface area (Å²) in [6.07, 6.45) is -0.197. The summed E-state index contributed by atoms with van der Waals surface area (Å²) < 4.78 is 21.9. The maximum absolute atomic E-state index is 14.1. The van der Waals surface area contributed by atoms with E-state index >= 15 is 0 Å². The number of thiophene rings is 1. The molecule has 0 bridgehead atoms. The molecule has 188 valence electrons. The molecule has 0 aliphatic carbocycles. The third-order valence-electron chi connectivity index (χ3n) is 6.74. The number of hydrogen-bond donors (Lipinski definition) is 1. The predicted molar refractivity (Wildman–Crippen MR) is 139 cm³/mol. The van der Waals surface area contributed by atoms with Crippen molar-refractivity contribution >= 4 is 26.6 Å². The molecule has 2 aromatic carbocycles. The first-order valence-corrected chi connectivity index (χ1v) is 12.5. The number of ether oxygens (including phenoxy) is 1. The highest BCUT2D eigenvalue weighted by Crippen LogP contribution is 2.52. The lowest BCUT2D eigenvalue weighted by Gasteiger charge is -2.43. The van der Waals surface area contributed by atoms with Gasteiger partial charge in [-0.15, -0.1) is 0 Å². The minimum Gasteiger partial charge on any atom is -0.366 e. The lowest BCUT2D eigenvalue weighted by Crippen LogP contribution is -2.50. The molecule has 0 spiro atoms. The van der Waals surface area contributed by atoms with E-state index in [4.69, 9.17) is 4.74 Å². The number of morpholine rings is 1. The lowest BCUT2D eigenvalue weighted by atomic mass is 9.78. The van der Waals surface area contributed by atoms with Gasteiger partial charge in [0.1, 0.15) is 16.2 Å². The second-order valence-corrected chi connectivity index (χ2v) is 10.0. The Balaban J connectivity index is 1.84. The molecule has 8 nitrogen and oxygen atoms in total. The molecular weight excluding hydrogens is 495 g/mol. The summed E-state index contributed by atoms with van der Waals surface area (Å²) in [5.41, 5.74) is 1.09. The Morgan fingerprint density at radius 2 is 2.00 bits per heavy atom. The maximum Gasteiger partial charge on any atom is 0.332 e. The van der Waals surface area contributed by atoms with Crippen LogP contribution in [0.5, 0.6) is 0 Å². The Kier molecular flexibility index (Phi) is 6.37. The molecule has 10 heteroatoms. The van der Waals surface area contributed by atoms with E-state index in [-0.39, 0.29) is 35.0 Å². The van der Waals surface area contributed by atoms with Crippen LogP contribution < -0.4 is 10.9 Å². The van der Waals surface area contributed by atoms with Gasteiger partial charge >= 0.3 is 5.00 Å². The summed E-state index contributed by atoms with van der Waals surface area (Å²) in [7, 11) is 0. The number of aryl methyl sites for hydroxylation is 2. The molecule has 2 atom stereocenters. The van der Waals surface area contributed by atoms with Crippen LogP contribution in [0.3, 0.4) is 0 Å². The Morgan fingerprint density at radius 3 is 2.68 bits per heavy atom. The lowest BCUT2D eigenvalue weighted by molar-refractivity contribution is -0.382. The summed E-state index contributed by atoms with van der Waals surface area (Å²) in [6.45, 7) is 4.22. The molecule has 1 saturated heterocycles. The highest BCUT2D eigenvalue weighted by Gasteiger charge is 2.50. The molecule has 1 N–H and O–H groups in total. The Hall–Kier alpha value is -3.91. The van der Waals surface area contributed by atoms with Crippen molar-refractivity contribution in [3.63, 3.8) is 0 Å². The molecule has 2 unspecified atom stereocenters. The average molecular weight is 519 g/mol. The topological polar surface area (TPSA) is 110 Å². The fourth-order valence-corrected chi connectivity index (χ4v) is 6.25. The molecule has 3 heterocycles. The second-order valence-electron chi connectivity index (χ2n) is 9.07. The van der Waals surface area contributed by atoms with Crippen LogP contribution in [0.25, 0.3) is 15.9 Å². The normalized spacial score (nSPS) is 19.6. The fraction of sp³-hybridized carbons (Fsp3) is 0.259. The number of nitrogens with one attached hydrogen (secondary N) is 1. The van der Waals surface area contributed by atoms with Crippen molar-refractivity contribution in [3.05, 3.63) is 103 Å². The predicted octanol–water partition coefficient (Wildman–Crippen LogP) is 5.19. The van der Waals surface area contributed by atoms with Gasteiger partial charge < -0.3 is 10.1 Å². The van der Waals surface area contributed by atoms with Gasteiger partial charge in [-0.2, -0.15) is 5.26 Å². The summed E-state index contributed by atoms with van der Waals surface area (Å²) in [5, 5.41) is 25.9. The van der Waals surface area contributed by atoms with Gasteiger partial charge in [-0.3, -0.25) is 19.5 Å². The molecule has 0 amide bonds. The van der Waals surface area contributed by atoms with Crippen LogP contribution in [-0.2, 0) is 10.3 Å². The van der Waals surface area contributed by atoms with Gasteiger partial charge in [-0.25, -0.2) is 4.39 Å². The second kappa shape index (κ2) is 9.52. The third kappa shape index (κ3) is 4.11. The van der Waals surface area contributed by atoms with Crippen LogP contribution in [-0.4, -0.2) is 22.6 Å². The first kappa shape index (κ1) is 24.8.